The van der Waals surface area contributed by atoms with Crippen LogP contribution in [0.2, 0.25) is 5.02 Å². The molecular formula is C22H21ClN4O2S. The lowest BCUT2D eigenvalue weighted by atomic mass is 10.1. The minimum atomic E-state index is -0.502. The number of amides is 2. The molecule has 30 heavy (non-hydrogen) atoms. The number of carbonyl (C=O) groups excluding carboxylic acids is 2. The van der Waals surface area contributed by atoms with E-state index in [2.05, 4.69) is 22.2 Å². The van der Waals surface area contributed by atoms with Crippen LogP contribution < -0.4 is 15.1 Å². The third kappa shape index (κ3) is 4.23. The monoisotopic (exact) mass is 440 g/mol. The molecule has 0 atom stereocenters. The minimum Gasteiger partial charge on any atom is -0.369 e. The molecule has 2 aliphatic rings. The second-order valence-corrected chi connectivity index (χ2v) is 8.14. The van der Waals surface area contributed by atoms with Gasteiger partial charge in [0.1, 0.15) is 5.57 Å². The predicted octanol–water partition coefficient (Wildman–Crippen LogP) is 2.92. The molecule has 0 bridgehead atoms. The third-order valence-corrected chi connectivity index (χ3v) is 5.80. The van der Waals surface area contributed by atoms with Crippen LogP contribution in [-0.2, 0) is 9.59 Å². The highest BCUT2D eigenvalue weighted by atomic mass is 35.5. The van der Waals surface area contributed by atoms with Crippen molar-refractivity contribution in [1.29, 1.82) is 0 Å². The fraction of sp³-hybridized carbons (Fsp3) is 0.227. The van der Waals surface area contributed by atoms with Gasteiger partial charge in [0.25, 0.3) is 11.8 Å². The third-order valence-electron chi connectivity index (χ3n) is 5.26. The molecule has 0 aromatic heterocycles. The summed E-state index contributed by atoms with van der Waals surface area (Å²) in [6.45, 7) is 4.01. The van der Waals surface area contributed by atoms with Crippen LogP contribution in [0.25, 0.3) is 6.08 Å². The number of anilines is 2. The van der Waals surface area contributed by atoms with Crippen molar-refractivity contribution in [3.8, 4) is 0 Å². The fourth-order valence-electron chi connectivity index (χ4n) is 3.49. The van der Waals surface area contributed by atoms with E-state index in [-0.39, 0.29) is 10.7 Å². The topological polar surface area (TPSA) is 55.9 Å². The van der Waals surface area contributed by atoms with Crippen LogP contribution in [0.1, 0.15) is 5.56 Å². The van der Waals surface area contributed by atoms with Crippen LogP contribution in [-0.4, -0.2) is 55.1 Å². The van der Waals surface area contributed by atoms with E-state index >= 15 is 0 Å². The van der Waals surface area contributed by atoms with Gasteiger partial charge in [0.2, 0.25) is 0 Å². The Labute approximate surface area is 185 Å². The van der Waals surface area contributed by atoms with Gasteiger partial charge in [-0.25, -0.2) is 0 Å². The van der Waals surface area contributed by atoms with Crippen molar-refractivity contribution in [1.82, 2.24) is 10.2 Å². The molecule has 2 aromatic carbocycles. The molecule has 8 heteroatoms. The Hall–Kier alpha value is -2.74. The Balaban J connectivity index is 1.57. The van der Waals surface area contributed by atoms with Crippen molar-refractivity contribution in [2.24, 2.45) is 0 Å². The maximum absolute atomic E-state index is 13.0. The van der Waals surface area contributed by atoms with Gasteiger partial charge in [0, 0.05) is 36.9 Å². The zero-order valence-electron chi connectivity index (χ0n) is 16.5. The highest BCUT2D eigenvalue weighted by Crippen LogP contribution is 2.24. The summed E-state index contributed by atoms with van der Waals surface area (Å²) in [5.74, 6) is -0.965. The number of halogens is 1. The molecule has 0 saturated carbocycles. The van der Waals surface area contributed by atoms with E-state index in [4.69, 9.17) is 23.8 Å². The highest BCUT2D eigenvalue weighted by Gasteiger charge is 2.34. The Morgan fingerprint density at radius 3 is 2.17 bits per heavy atom. The van der Waals surface area contributed by atoms with E-state index in [0.717, 1.165) is 37.4 Å². The molecule has 0 spiro atoms. The molecule has 2 amide bonds. The largest absolute Gasteiger partial charge is 0.369 e. The zero-order valence-corrected chi connectivity index (χ0v) is 18.0. The summed E-state index contributed by atoms with van der Waals surface area (Å²) in [6.07, 6.45) is 1.59. The number of thiocarbonyl (C=S) groups is 1. The molecule has 2 aliphatic heterocycles. The number of likely N-dealkylation sites (N-methyl/N-ethyl adjacent to an activating group) is 1. The van der Waals surface area contributed by atoms with Crippen LogP contribution in [0.3, 0.4) is 0 Å². The lowest BCUT2D eigenvalue weighted by molar-refractivity contribution is -0.122. The Morgan fingerprint density at radius 2 is 1.53 bits per heavy atom. The molecule has 4 rings (SSSR count). The average molecular weight is 441 g/mol. The minimum absolute atomic E-state index is 0.0332. The first-order valence-electron chi connectivity index (χ1n) is 9.63. The number of benzene rings is 2. The van der Waals surface area contributed by atoms with Gasteiger partial charge in [-0.2, -0.15) is 0 Å². The van der Waals surface area contributed by atoms with Gasteiger partial charge >= 0.3 is 0 Å². The fourth-order valence-corrected chi connectivity index (χ4v) is 3.90. The van der Waals surface area contributed by atoms with E-state index in [1.165, 1.54) is 4.90 Å². The summed E-state index contributed by atoms with van der Waals surface area (Å²) in [6, 6.07) is 14.6. The van der Waals surface area contributed by atoms with Crippen molar-refractivity contribution >= 4 is 58.2 Å². The van der Waals surface area contributed by atoms with Gasteiger partial charge in [-0.05, 0) is 67.3 Å². The van der Waals surface area contributed by atoms with E-state index in [1.54, 1.807) is 30.3 Å². The normalized spacial score (nSPS) is 19.4. The molecule has 0 radical (unpaired) electrons. The molecule has 6 nitrogen and oxygen atoms in total. The SMILES string of the molecule is CN1CCN(c2ccc(/C=C3/C(=O)NC(=S)N(c4ccc(Cl)cc4)C3=O)cc2)CC1. The van der Waals surface area contributed by atoms with Crippen molar-refractivity contribution < 1.29 is 9.59 Å². The summed E-state index contributed by atoms with van der Waals surface area (Å²) in [5.41, 5.74) is 2.49. The van der Waals surface area contributed by atoms with Crippen molar-refractivity contribution in [3.05, 3.63) is 64.7 Å². The van der Waals surface area contributed by atoms with Crippen molar-refractivity contribution in [3.63, 3.8) is 0 Å². The van der Waals surface area contributed by atoms with E-state index in [1.807, 2.05) is 24.3 Å². The van der Waals surface area contributed by atoms with Gasteiger partial charge in [-0.1, -0.05) is 23.7 Å². The van der Waals surface area contributed by atoms with Gasteiger partial charge < -0.3 is 9.80 Å². The quantitative estimate of drug-likeness (QED) is 0.452. The molecule has 0 aliphatic carbocycles. The van der Waals surface area contributed by atoms with Gasteiger partial charge in [0.05, 0.1) is 5.69 Å². The smallest absolute Gasteiger partial charge is 0.270 e. The van der Waals surface area contributed by atoms with Crippen LogP contribution in [0, 0.1) is 0 Å². The number of hydrogen-bond donors (Lipinski definition) is 1. The number of hydrogen-bond acceptors (Lipinski definition) is 5. The van der Waals surface area contributed by atoms with Crippen LogP contribution >= 0.6 is 23.8 Å². The Bertz CT molecular complexity index is 1010. The second-order valence-electron chi connectivity index (χ2n) is 7.32. The van der Waals surface area contributed by atoms with Crippen LogP contribution in [0.4, 0.5) is 11.4 Å². The van der Waals surface area contributed by atoms with E-state index in [0.29, 0.717) is 10.7 Å². The number of rotatable bonds is 3. The zero-order chi connectivity index (χ0) is 21.3. The lowest BCUT2D eigenvalue weighted by Crippen LogP contribution is -2.54. The van der Waals surface area contributed by atoms with Crippen LogP contribution in [0.5, 0.6) is 0 Å². The summed E-state index contributed by atoms with van der Waals surface area (Å²) < 4.78 is 0. The summed E-state index contributed by atoms with van der Waals surface area (Å²) in [4.78, 5) is 31.4. The predicted molar refractivity (Wildman–Crippen MR) is 124 cm³/mol. The molecule has 154 valence electrons. The Morgan fingerprint density at radius 1 is 0.933 bits per heavy atom. The maximum Gasteiger partial charge on any atom is 0.270 e. The first-order valence-corrected chi connectivity index (χ1v) is 10.4. The number of nitrogens with zero attached hydrogens (tertiary/aromatic N) is 3. The van der Waals surface area contributed by atoms with Gasteiger partial charge in [0.15, 0.2) is 5.11 Å². The molecule has 2 fully saturated rings. The highest BCUT2D eigenvalue weighted by molar-refractivity contribution is 7.80. The van der Waals surface area contributed by atoms with Crippen LogP contribution in [0.15, 0.2) is 54.1 Å². The number of nitrogens with one attached hydrogen (secondary N) is 1. The maximum atomic E-state index is 13.0. The average Bonchev–Trinajstić information content (AvgIpc) is 2.73. The van der Waals surface area contributed by atoms with Crippen molar-refractivity contribution in [2.75, 3.05) is 43.0 Å². The molecule has 2 aromatic rings. The van der Waals surface area contributed by atoms with Gasteiger partial charge in [-0.3, -0.25) is 19.8 Å². The molecular weight excluding hydrogens is 420 g/mol. The van der Waals surface area contributed by atoms with Crippen molar-refractivity contribution in [2.45, 2.75) is 0 Å². The number of piperazine rings is 1. The number of carbonyl (C=O) groups is 2. The lowest BCUT2D eigenvalue weighted by Gasteiger charge is -2.34. The van der Waals surface area contributed by atoms with E-state index in [9.17, 15) is 9.59 Å². The first kappa shape index (κ1) is 20.5. The molecule has 1 N–H and O–H groups in total. The standard InChI is InChI=1S/C22H21ClN4O2S/c1-25-10-12-26(13-11-25)17-6-2-15(3-7-17)14-19-20(28)24-22(30)27(21(19)29)18-8-4-16(23)5-9-18/h2-9,14H,10-13H2,1H3,(H,24,28,30)/b19-14-. The van der Waals surface area contributed by atoms with E-state index < -0.39 is 11.8 Å². The molecule has 0 unspecified atom stereocenters. The Kier molecular flexibility index (Phi) is 5.85. The summed E-state index contributed by atoms with van der Waals surface area (Å²) in [7, 11) is 2.12. The second kappa shape index (κ2) is 8.55. The first-order chi connectivity index (χ1) is 14.4. The molecule has 2 heterocycles. The summed E-state index contributed by atoms with van der Waals surface area (Å²) in [5, 5.41) is 3.20. The summed E-state index contributed by atoms with van der Waals surface area (Å²) >= 11 is 11.2. The molecule has 2 saturated heterocycles. The van der Waals surface area contributed by atoms with Gasteiger partial charge in [-0.15, -0.1) is 0 Å².